The highest BCUT2D eigenvalue weighted by Crippen LogP contribution is 2.26. The van der Waals surface area contributed by atoms with Crippen molar-refractivity contribution < 1.29 is 4.79 Å². The van der Waals surface area contributed by atoms with E-state index in [1.54, 1.807) is 0 Å². The number of aryl methyl sites for hydroxylation is 4. The van der Waals surface area contributed by atoms with Gasteiger partial charge in [-0.2, -0.15) is 0 Å². The number of rotatable bonds is 6. The maximum atomic E-state index is 12.9. The second-order valence-electron chi connectivity index (χ2n) is 7.33. The Morgan fingerprint density at radius 1 is 1.12 bits per heavy atom. The molecule has 2 aromatic rings. The van der Waals surface area contributed by atoms with Crippen LogP contribution in [0.1, 0.15) is 51.5 Å². The molecule has 3 heteroatoms. The van der Waals surface area contributed by atoms with Crippen LogP contribution in [0.4, 0.5) is 5.69 Å². The van der Waals surface area contributed by atoms with Crippen molar-refractivity contribution in [3.05, 3.63) is 63.7 Å². The Kier molecular flexibility index (Phi) is 5.55. The van der Waals surface area contributed by atoms with Gasteiger partial charge in [0.05, 0.1) is 12.0 Å². The van der Waals surface area contributed by atoms with Crippen LogP contribution in [-0.2, 0) is 19.3 Å². The minimum atomic E-state index is 0.185. The molecule has 0 radical (unpaired) electrons. The first-order valence-electron chi connectivity index (χ1n) is 9.47. The molecule has 0 N–H and O–H groups in total. The molecule has 0 saturated carbocycles. The number of nitrogens with zero attached hydrogens (tertiary/aromatic N) is 2. The zero-order valence-electron chi connectivity index (χ0n) is 16.3. The highest BCUT2D eigenvalue weighted by atomic mass is 16.1. The van der Waals surface area contributed by atoms with Crippen LogP contribution >= 0.6 is 0 Å². The fourth-order valence-electron chi connectivity index (χ4n) is 3.50. The summed E-state index contributed by atoms with van der Waals surface area (Å²) in [6.45, 7) is 7.02. The predicted octanol–water partition coefficient (Wildman–Crippen LogP) is 4.83. The predicted molar refractivity (Wildman–Crippen MR) is 109 cm³/mol. The monoisotopic (exact) mass is 348 g/mol. The lowest BCUT2D eigenvalue weighted by Gasteiger charge is -2.12. The van der Waals surface area contributed by atoms with Crippen molar-refractivity contribution in [1.29, 1.82) is 0 Å². The van der Waals surface area contributed by atoms with Crippen LogP contribution in [0.25, 0.3) is 0 Å². The fraction of sp³-hybridized carbons (Fsp3) is 0.391. The van der Waals surface area contributed by atoms with Crippen LogP contribution in [0.5, 0.6) is 0 Å². The molecule has 26 heavy (non-hydrogen) atoms. The van der Waals surface area contributed by atoms with E-state index in [9.17, 15) is 4.79 Å². The van der Waals surface area contributed by atoms with E-state index in [-0.39, 0.29) is 5.78 Å². The summed E-state index contributed by atoms with van der Waals surface area (Å²) in [6, 6.07) is 10.5. The summed E-state index contributed by atoms with van der Waals surface area (Å²) in [5, 5.41) is 0. The highest BCUT2D eigenvalue weighted by Gasteiger charge is 2.15. The van der Waals surface area contributed by atoms with Gasteiger partial charge in [0.15, 0.2) is 5.78 Å². The number of carbonyl (C=O) groups excluding carboxylic acids is 1. The van der Waals surface area contributed by atoms with Crippen LogP contribution in [-0.4, -0.2) is 30.6 Å². The van der Waals surface area contributed by atoms with Gasteiger partial charge in [0, 0.05) is 25.6 Å². The Morgan fingerprint density at radius 3 is 2.65 bits per heavy atom. The second-order valence-corrected chi connectivity index (χ2v) is 7.33. The van der Waals surface area contributed by atoms with Gasteiger partial charge in [-0.1, -0.05) is 18.2 Å². The van der Waals surface area contributed by atoms with Crippen molar-refractivity contribution >= 4 is 17.8 Å². The summed E-state index contributed by atoms with van der Waals surface area (Å²) in [4.78, 5) is 19.4. The molecule has 0 heterocycles. The van der Waals surface area contributed by atoms with Gasteiger partial charge in [-0.25, -0.2) is 4.99 Å². The molecule has 3 rings (SSSR count). The van der Waals surface area contributed by atoms with Crippen molar-refractivity contribution in [2.24, 2.45) is 4.99 Å². The summed E-state index contributed by atoms with van der Waals surface area (Å²) in [5.41, 5.74) is 7.77. The van der Waals surface area contributed by atoms with Gasteiger partial charge in [-0.3, -0.25) is 4.79 Å². The van der Waals surface area contributed by atoms with Gasteiger partial charge in [-0.05, 0) is 80.0 Å². The summed E-state index contributed by atoms with van der Waals surface area (Å²) in [6.07, 6.45) is 5.87. The smallest absolute Gasteiger partial charge is 0.167 e. The average molecular weight is 348 g/mol. The first-order valence-corrected chi connectivity index (χ1v) is 9.47. The second kappa shape index (κ2) is 7.86. The minimum absolute atomic E-state index is 0.185. The van der Waals surface area contributed by atoms with Crippen molar-refractivity contribution in [1.82, 2.24) is 4.90 Å². The zero-order chi connectivity index (χ0) is 18.7. The van der Waals surface area contributed by atoms with E-state index < -0.39 is 0 Å². The van der Waals surface area contributed by atoms with Crippen LogP contribution in [0.3, 0.4) is 0 Å². The third kappa shape index (κ3) is 4.04. The quantitative estimate of drug-likeness (QED) is 0.425. The van der Waals surface area contributed by atoms with Gasteiger partial charge in [0.25, 0.3) is 0 Å². The molecule has 0 bridgehead atoms. The molecule has 0 atom stereocenters. The van der Waals surface area contributed by atoms with Gasteiger partial charge >= 0.3 is 0 Å². The Morgan fingerprint density at radius 2 is 1.88 bits per heavy atom. The van der Waals surface area contributed by atoms with Gasteiger partial charge in [-0.15, -0.1) is 0 Å². The molecule has 0 fully saturated rings. The van der Waals surface area contributed by atoms with Crippen LogP contribution < -0.4 is 0 Å². The summed E-state index contributed by atoms with van der Waals surface area (Å²) < 4.78 is 0. The zero-order valence-corrected chi connectivity index (χ0v) is 16.3. The largest absolute Gasteiger partial charge is 0.366 e. The molecule has 0 saturated heterocycles. The fourth-order valence-corrected chi connectivity index (χ4v) is 3.50. The Hall–Kier alpha value is -2.42. The maximum Gasteiger partial charge on any atom is 0.167 e. The number of hydrogen-bond acceptors (Lipinski definition) is 2. The molecule has 0 spiro atoms. The van der Waals surface area contributed by atoms with Crippen LogP contribution in [0, 0.1) is 13.8 Å². The number of ketones is 1. The number of benzene rings is 2. The molecule has 0 aromatic heterocycles. The number of hydrogen-bond donors (Lipinski definition) is 0. The first-order chi connectivity index (χ1) is 12.5. The van der Waals surface area contributed by atoms with Crippen LogP contribution in [0.2, 0.25) is 0 Å². The number of aliphatic imine (C=N–C) groups is 1. The summed E-state index contributed by atoms with van der Waals surface area (Å²) in [5.74, 6) is 0.185. The normalized spacial score (nSPS) is 13.2. The average Bonchev–Trinajstić information content (AvgIpc) is 3.09. The summed E-state index contributed by atoms with van der Waals surface area (Å²) in [7, 11) is 2.00. The molecule has 3 nitrogen and oxygen atoms in total. The first kappa shape index (κ1) is 18.4. The Balaban J connectivity index is 1.79. The van der Waals surface area contributed by atoms with E-state index in [1.807, 2.05) is 44.3 Å². The SMILES string of the molecule is CCN(C)C=Nc1cc(C)c(C(=O)Cc2ccc3c(c2)CCC3)cc1C. The van der Waals surface area contributed by atoms with Gasteiger partial charge in [0.1, 0.15) is 0 Å². The lowest BCUT2D eigenvalue weighted by atomic mass is 9.95. The van der Waals surface area contributed by atoms with Crippen molar-refractivity contribution in [2.45, 2.75) is 46.5 Å². The molecule has 0 aliphatic heterocycles. The molecule has 1 aliphatic carbocycles. The van der Waals surface area contributed by atoms with E-state index in [4.69, 9.17) is 0 Å². The van der Waals surface area contributed by atoms with Crippen molar-refractivity contribution in [2.75, 3.05) is 13.6 Å². The van der Waals surface area contributed by atoms with E-state index in [2.05, 4.69) is 30.1 Å². The van der Waals surface area contributed by atoms with Crippen LogP contribution in [0.15, 0.2) is 35.3 Å². The highest BCUT2D eigenvalue weighted by molar-refractivity contribution is 5.99. The van der Waals surface area contributed by atoms with Gasteiger partial charge in [0.2, 0.25) is 0 Å². The van der Waals surface area contributed by atoms with E-state index >= 15 is 0 Å². The molecular formula is C23H28N2O. The van der Waals surface area contributed by atoms with Gasteiger partial charge < -0.3 is 4.90 Å². The number of Topliss-reactive ketones (excluding diaryl/α,β-unsaturated/α-hetero) is 1. The molecular weight excluding hydrogens is 320 g/mol. The lowest BCUT2D eigenvalue weighted by molar-refractivity contribution is 0.0992. The minimum Gasteiger partial charge on any atom is -0.366 e. The maximum absolute atomic E-state index is 12.9. The molecule has 0 unspecified atom stereocenters. The van der Waals surface area contributed by atoms with E-state index in [0.29, 0.717) is 6.42 Å². The van der Waals surface area contributed by atoms with Crippen molar-refractivity contribution in [3.8, 4) is 0 Å². The topological polar surface area (TPSA) is 32.7 Å². The Labute approximate surface area is 156 Å². The van der Waals surface area contributed by atoms with Crippen molar-refractivity contribution in [3.63, 3.8) is 0 Å². The number of fused-ring (bicyclic) bond motifs is 1. The molecule has 2 aromatic carbocycles. The van der Waals surface area contributed by atoms with E-state index in [1.165, 1.54) is 24.0 Å². The number of carbonyl (C=O) groups is 1. The molecule has 1 aliphatic rings. The van der Waals surface area contributed by atoms with E-state index in [0.717, 1.165) is 40.9 Å². The standard InChI is InChI=1S/C23H28N2O/c1-5-25(4)15-24-22-12-16(2)21(11-17(22)3)23(26)14-18-9-10-19-7-6-8-20(19)13-18/h9-13,15H,5-8,14H2,1-4H3. The lowest BCUT2D eigenvalue weighted by Crippen LogP contribution is -2.14. The summed E-state index contributed by atoms with van der Waals surface area (Å²) >= 11 is 0. The molecule has 0 amide bonds. The third-order valence-electron chi connectivity index (χ3n) is 5.26. The Bertz CT molecular complexity index is 852. The molecule has 136 valence electrons. The third-order valence-corrected chi connectivity index (χ3v) is 5.26.